The molecule has 0 amide bonds. The number of rotatable bonds is 3. The second kappa shape index (κ2) is 5.35. The molecular weight excluding hydrogens is 261 g/mol. The maximum absolute atomic E-state index is 13.6. The average molecular weight is 270 g/mol. The SMILES string of the molecule is Oc1ccc(-c2ccc(SC(F)F)cc2)c(F)c1. The minimum Gasteiger partial charge on any atom is -0.508 e. The van der Waals surface area contributed by atoms with Crippen LogP contribution in [-0.4, -0.2) is 10.9 Å². The van der Waals surface area contributed by atoms with Crippen LogP contribution in [0.25, 0.3) is 11.1 Å². The lowest BCUT2D eigenvalue weighted by Gasteiger charge is -2.05. The van der Waals surface area contributed by atoms with Crippen molar-refractivity contribution in [2.45, 2.75) is 10.7 Å². The quantitative estimate of drug-likeness (QED) is 0.828. The maximum atomic E-state index is 13.6. The van der Waals surface area contributed by atoms with Crippen molar-refractivity contribution in [3.05, 3.63) is 48.3 Å². The summed E-state index contributed by atoms with van der Waals surface area (Å²) in [7, 11) is 0. The number of phenolic OH excluding ortho intramolecular Hbond substituents is 1. The third-order valence-electron chi connectivity index (χ3n) is 2.34. The van der Waals surface area contributed by atoms with Crippen molar-refractivity contribution in [1.29, 1.82) is 0 Å². The van der Waals surface area contributed by atoms with Crippen LogP contribution in [0, 0.1) is 5.82 Å². The van der Waals surface area contributed by atoms with Gasteiger partial charge < -0.3 is 5.11 Å². The third-order valence-corrected chi connectivity index (χ3v) is 3.07. The molecule has 1 nitrogen and oxygen atoms in total. The Balaban J connectivity index is 2.28. The van der Waals surface area contributed by atoms with Crippen LogP contribution in [0.5, 0.6) is 5.75 Å². The van der Waals surface area contributed by atoms with Crippen molar-refractivity contribution in [3.8, 4) is 16.9 Å². The Morgan fingerprint density at radius 2 is 1.67 bits per heavy atom. The lowest BCUT2D eigenvalue weighted by atomic mass is 10.1. The predicted molar refractivity (Wildman–Crippen MR) is 65.4 cm³/mol. The van der Waals surface area contributed by atoms with Gasteiger partial charge >= 0.3 is 0 Å². The molecule has 0 bridgehead atoms. The third kappa shape index (κ3) is 2.98. The minimum absolute atomic E-state index is 0.152. The molecule has 0 fully saturated rings. The first-order valence-corrected chi connectivity index (χ1v) is 5.98. The number of phenols is 1. The summed E-state index contributed by atoms with van der Waals surface area (Å²) in [5.41, 5.74) is 0.896. The van der Waals surface area contributed by atoms with Crippen molar-refractivity contribution in [2.75, 3.05) is 0 Å². The monoisotopic (exact) mass is 270 g/mol. The standard InChI is InChI=1S/C13H9F3OS/c14-12-7-9(17)3-6-11(12)8-1-4-10(5-2-8)18-13(15)16/h1-7,13,17H. The van der Waals surface area contributed by atoms with E-state index in [2.05, 4.69) is 0 Å². The second-order valence-corrected chi connectivity index (χ2v) is 4.63. The fourth-order valence-electron chi connectivity index (χ4n) is 1.55. The van der Waals surface area contributed by atoms with E-state index in [1.807, 2.05) is 0 Å². The highest BCUT2D eigenvalue weighted by Crippen LogP contribution is 2.30. The van der Waals surface area contributed by atoms with Gasteiger partial charge in [-0.15, -0.1) is 0 Å². The molecule has 0 aliphatic heterocycles. The number of halogens is 3. The molecule has 2 aromatic carbocycles. The van der Waals surface area contributed by atoms with E-state index in [4.69, 9.17) is 5.11 Å². The lowest BCUT2D eigenvalue weighted by Crippen LogP contribution is -1.85. The molecule has 0 saturated heterocycles. The summed E-state index contributed by atoms with van der Waals surface area (Å²) in [6, 6.07) is 9.99. The first-order chi connectivity index (χ1) is 8.56. The highest BCUT2D eigenvalue weighted by molar-refractivity contribution is 7.99. The number of hydrogen-bond acceptors (Lipinski definition) is 2. The van der Waals surface area contributed by atoms with Gasteiger partial charge in [0.05, 0.1) is 0 Å². The van der Waals surface area contributed by atoms with Crippen LogP contribution < -0.4 is 0 Å². The first kappa shape index (κ1) is 12.8. The van der Waals surface area contributed by atoms with E-state index in [1.54, 1.807) is 12.1 Å². The van der Waals surface area contributed by atoms with Gasteiger partial charge in [-0.3, -0.25) is 0 Å². The summed E-state index contributed by atoms with van der Waals surface area (Å²) in [4.78, 5) is 0.424. The van der Waals surface area contributed by atoms with Gasteiger partial charge in [0.2, 0.25) is 0 Å². The van der Waals surface area contributed by atoms with E-state index in [0.717, 1.165) is 6.07 Å². The summed E-state index contributed by atoms with van der Waals surface area (Å²) < 4.78 is 37.8. The van der Waals surface area contributed by atoms with E-state index in [0.29, 0.717) is 27.8 Å². The van der Waals surface area contributed by atoms with Crippen LogP contribution >= 0.6 is 11.8 Å². The Kier molecular flexibility index (Phi) is 3.81. The van der Waals surface area contributed by atoms with Crippen molar-refractivity contribution in [3.63, 3.8) is 0 Å². The zero-order valence-electron chi connectivity index (χ0n) is 9.11. The highest BCUT2D eigenvalue weighted by Gasteiger charge is 2.08. The summed E-state index contributed by atoms with van der Waals surface area (Å²) in [6.07, 6.45) is 0. The van der Waals surface area contributed by atoms with Crippen LogP contribution in [0.3, 0.4) is 0 Å². The van der Waals surface area contributed by atoms with Crippen LogP contribution in [0.4, 0.5) is 13.2 Å². The number of hydrogen-bond donors (Lipinski definition) is 1. The molecule has 5 heteroatoms. The first-order valence-electron chi connectivity index (χ1n) is 5.10. The van der Waals surface area contributed by atoms with Crippen LogP contribution in [0.2, 0.25) is 0 Å². The average Bonchev–Trinajstić information content (AvgIpc) is 2.30. The van der Waals surface area contributed by atoms with E-state index < -0.39 is 11.6 Å². The van der Waals surface area contributed by atoms with Gasteiger partial charge in [-0.2, -0.15) is 8.78 Å². The molecule has 0 spiro atoms. The molecule has 2 aromatic rings. The largest absolute Gasteiger partial charge is 0.508 e. The fourth-order valence-corrected chi connectivity index (χ4v) is 2.05. The number of aromatic hydroxyl groups is 1. The van der Waals surface area contributed by atoms with Crippen molar-refractivity contribution >= 4 is 11.8 Å². The topological polar surface area (TPSA) is 20.2 Å². The summed E-state index contributed by atoms with van der Waals surface area (Å²) in [6.45, 7) is 0. The van der Waals surface area contributed by atoms with Crippen LogP contribution in [-0.2, 0) is 0 Å². The smallest absolute Gasteiger partial charge is 0.288 e. The zero-order valence-corrected chi connectivity index (χ0v) is 9.92. The molecule has 18 heavy (non-hydrogen) atoms. The molecule has 94 valence electrons. The Hall–Kier alpha value is -1.62. The lowest BCUT2D eigenvalue weighted by molar-refractivity contribution is 0.252. The molecular formula is C13H9F3OS. The van der Waals surface area contributed by atoms with Crippen molar-refractivity contribution in [1.82, 2.24) is 0 Å². The molecule has 0 aliphatic carbocycles. The molecule has 0 unspecified atom stereocenters. The van der Waals surface area contributed by atoms with Crippen molar-refractivity contribution in [2.24, 2.45) is 0 Å². The summed E-state index contributed by atoms with van der Waals surface area (Å²) >= 11 is 0.442. The molecule has 1 N–H and O–H groups in total. The normalized spacial score (nSPS) is 10.9. The molecule has 2 rings (SSSR count). The van der Waals surface area contributed by atoms with Gasteiger partial charge in [0.25, 0.3) is 5.76 Å². The van der Waals surface area contributed by atoms with Crippen LogP contribution in [0.15, 0.2) is 47.4 Å². The van der Waals surface area contributed by atoms with E-state index in [9.17, 15) is 13.2 Å². The van der Waals surface area contributed by atoms with Crippen LogP contribution in [0.1, 0.15) is 0 Å². The minimum atomic E-state index is -2.47. The maximum Gasteiger partial charge on any atom is 0.288 e. The van der Waals surface area contributed by atoms with Gasteiger partial charge in [-0.25, -0.2) is 4.39 Å². The van der Waals surface area contributed by atoms with E-state index in [1.165, 1.54) is 24.3 Å². The Labute approximate surface area is 106 Å². The number of benzene rings is 2. The Morgan fingerprint density at radius 3 is 2.22 bits per heavy atom. The summed E-state index contributed by atoms with van der Waals surface area (Å²) in [5, 5.41) is 9.10. The van der Waals surface area contributed by atoms with E-state index >= 15 is 0 Å². The van der Waals surface area contributed by atoms with Gasteiger partial charge in [-0.1, -0.05) is 23.9 Å². The summed E-state index contributed by atoms with van der Waals surface area (Å²) in [5.74, 6) is -3.17. The van der Waals surface area contributed by atoms with Crippen molar-refractivity contribution < 1.29 is 18.3 Å². The molecule has 0 radical (unpaired) electrons. The molecule has 0 saturated carbocycles. The molecule has 0 aliphatic rings. The zero-order chi connectivity index (χ0) is 13.1. The van der Waals surface area contributed by atoms with Gasteiger partial charge in [-0.05, 0) is 29.8 Å². The van der Waals surface area contributed by atoms with Gasteiger partial charge in [0, 0.05) is 16.5 Å². The van der Waals surface area contributed by atoms with Gasteiger partial charge in [0.15, 0.2) is 0 Å². The molecule has 0 aromatic heterocycles. The molecule has 0 heterocycles. The molecule has 0 atom stereocenters. The predicted octanol–water partition coefficient (Wildman–Crippen LogP) is 4.51. The Morgan fingerprint density at radius 1 is 1.00 bits per heavy atom. The Bertz CT molecular complexity index is 540. The fraction of sp³-hybridized carbons (Fsp3) is 0.0769. The number of thioether (sulfide) groups is 1. The number of alkyl halides is 2. The second-order valence-electron chi connectivity index (χ2n) is 3.57. The van der Waals surface area contributed by atoms with E-state index in [-0.39, 0.29) is 5.75 Å². The van der Waals surface area contributed by atoms with Gasteiger partial charge in [0.1, 0.15) is 11.6 Å². The highest BCUT2D eigenvalue weighted by atomic mass is 32.2.